The number of aryl methyl sites for hydroxylation is 3. The molecule has 0 saturated carbocycles. The SMILES string of the molecule is CCn1nnc(C)c1CNC1CCCn2nc(C(=O)O)cc21. The Balaban J connectivity index is 1.77. The Morgan fingerprint density at radius 1 is 1.55 bits per heavy atom. The molecule has 0 saturated heterocycles. The number of hydrogen-bond acceptors (Lipinski definition) is 5. The minimum absolute atomic E-state index is 0.106. The number of carboxylic acid groups (broad SMARTS) is 1. The van der Waals surface area contributed by atoms with Crippen molar-refractivity contribution in [1.29, 1.82) is 0 Å². The van der Waals surface area contributed by atoms with E-state index < -0.39 is 5.97 Å². The van der Waals surface area contributed by atoms with E-state index in [2.05, 4.69) is 20.7 Å². The first-order chi connectivity index (χ1) is 10.6. The van der Waals surface area contributed by atoms with Crippen LogP contribution in [0.5, 0.6) is 0 Å². The van der Waals surface area contributed by atoms with E-state index in [0.29, 0.717) is 6.54 Å². The second-order valence-corrected chi connectivity index (χ2v) is 5.50. The highest BCUT2D eigenvalue weighted by Crippen LogP contribution is 2.26. The van der Waals surface area contributed by atoms with Crippen LogP contribution in [0.1, 0.15) is 53.4 Å². The quantitative estimate of drug-likeness (QED) is 0.859. The highest BCUT2D eigenvalue weighted by molar-refractivity contribution is 5.85. The summed E-state index contributed by atoms with van der Waals surface area (Å²) in [4.78, 5) is 11.1. The van der Waals surface area contributed by atoms with Crippen LogP contribution in [0.25, 0.3) is 0 Å². The van der Waals surface area contributed by atoms with E-state index >= 15 is 0 Å². The minimum atomic E-state index is -0.982. The molecule has 0 radical (unpaired) electrons. The molecule has 118 valence electrons. The third-order valence-electron chi connectivity index (χ3n) is 4.10. The van der Waals surface area contributed by atoms with Crippen LogP contribution in [0.4, 0.5) is 0 Å². The first-order valence-electron chi connectivity index (χ1n) is 7.53. The molecule has 0 spiro atoms. The van der Waals surface area contributed by atoms with Crippen molar-refractivity contribution in [3.05, 3.63) is 28.8 Å². The number of hydrogen-bond donors (Lipinski definition) is 2. The van der Waals surface area contributed by atoms with Gasteiger partial charge in [0.05, 0.1) is 17.1 Å². The van der Waals surface area contributed by atoms with Gasteiger partial charge in [-0.05, 0) is 32.8 Å². The first-order valence-corrected chi connectivity index (χ1v) is 7.53. The summed E-state index contributed by atoms with van der Waals surface area (Å²) >= 11 is 0. The topological polar surface area (TPSA) is 97.9 Å². The Morgan fingerprint density at radius 3 is 3.09 bits per heavy atom. The van der Waals surface area contributed by atoms with Crippen LogP contribution in [0.15, 0.2) is 6.07 Å². The van der Waals surface area contributed by atoms with Crippen LogP contribution in [0, 0.1) is 6.92 Å². The summed E-state index contributed by atoms with van der Waals surface area (Å²) in [6.07, 6.45) is 1.95. The summed E-state index contributed by atoms with van der Waals surface area (Å²) in [6.45, 7) is 6.19. The Hall–Kier alpha value is -2.22. The maximum Gasteiger partial charge on any atom is 0.356 e. The van der Waals surface area contributed by atoms with Crippen LogP contribution in [-0.4, -0.2) is 35.9 Å². The molecule has 1 aliphatic heterocycles. The van der Waals surface area contributed by atoms with Crippen molar-refractivity contribution in [2.75, 3.05) is 0 Å². The van der Waals surface area contributed by atoms with E-state index in [1.807, 2.05) is 18.5 Å². The van der Waals surface area contributed by atoms with Gasteiger partial charge in [-0.25, -0.2) is 9.48 Å². The number of carboxylic acids is 1. The molecule has 0 aromatic carbocycles. The molecule has 1 unspecified atom stereocenters. The van der Waals surface area contributed by atoms with Gasteiger partial charge in [-0.15, -0.1) is 5.10 Å². The third kappa shape index (κ3) is 2.61. The maximum atomic E-state index is 11.1. The smallest absolute Gasteiger partial charge is 0.356 e. The Morgan fingerprint density at radius 2 is 2.36 bits per heavy atom. The minimum Gasteiger partial charge on any atom is -0.476 e. The number of rotatable bonds is 5. The zero-order valence-corrected chi connectivity index (χ0v) is 12.8. The molecule has 0 aliphatic carbocycles. The number of carbonyl (C=O) groups is 1. The Bertz CT molecular complexity index is 690. The van der Waals surface area contributed by atoms with Crippen molar-refractivity contribution in [3.63, 3.8) is 0 Å². The molecule has 3 rings (SSSR count). The van der Waals surface area contributed by atoms with Gasteiger partial charge >= 0.3 is 5.97 Å². The molecule has 8 nitrogen and oxygen atoms in total. The van der Waals surface area contributed by atoms with Gasteiger partial charge in [0, 0.05) is 25.7 Å². The molecule has 22 heavy (non-hydrogen) atoms. The second kappa shape index (κ2) is 5.88. The lowest BCUT2D eigenvalue weighted by atomic mass is 10.0. The highest BCUT2D eigenvalue weighted by Gasteiger charge is 2.24. The molecular weight excluding hydrogens is 284 g/mol. The van der Waals surface area contributed by atoms with Crippen LogP contribution in [-0.2, 0) is 19.6 Å². The summed E-state index contributed by atoms with van der Waals surface area (Å²) < 4.78 is 3.68. The zero-order chi connectivity index (χ0) is 15.7. The molecule has 8 heteroatoms. The van der Waals surface area contributed by atoms with Gasteiger partial charge in [-0.3, -0.25) is 4.68 Å². The van der Waals surface area contributed by atoms with Crippen LogP contribution in [0.3, 0.4) is 0 Å². The largest absolute Gasteiger partial charge is 0.476 e. The Labute approximate surface area is 128 Å². The third-order valence-corrected chi connectivity index (χ3v) is 4.10. The lowest BCUT2D eigenvalue weighted by molar-refractivity contribution is 0.0689. The van der Waals surface area contributed by atoms with Crippen molar-refractivity contribution in [2.24, 2.45) is 0 Å². The standard InChI is InChI=1S/C14H20N6O2/c1-3-19-13(9(2)16-18-19)8-15-10-5-4-6-20-12(10)7-11(17-20)14(21)22/h7,10,15H,3-6,8H2,1-2H3,(H,21,22). The number of nitrogens with zero attached hydrogens (tertiary/aromatic N) is 5. The molecular formula is C14H20N6O2. The van der Waals surface area contributed by atoms with Gasteiger partial charge in [0.2, 0.25) is 0 Å². The predicted octanol–water partition coefficient (Wildman–Crippen LogP) is 1.13. The summed E-state index contributed by atoms with van der Waals surface area (Å²) in [7, 11) is 0. The fourth-order valence-corrected chi connectivity index (χ4v) is 2.91. The van der Waals surface area contributed by atoms with E-state index in [-0.39, 0.29) is 11.7 Å². The average molecular weight is 304 g/mol. The van der Waals surface area contributed by atoms with E-state index in [9.17, 15) is 4.79 Å². The maximum absolute atomic E-state index is 11.1. The number of fused-ring (bicyclic) bond motifs is 1. The first kappa shape index (κ1) is 14.7. The second-order valence-electron chi connectivity index (χ2n) is 5.50. The van der Waals surface area contributed by atoms with Crippen molar-refractivity contribution in [2.45, 2.75) is 52.4 Å². The van der Waals surface area contributed by atoms with Gasteiger partial charge in [-0.2, -0.15) is 5.10 Å². The molecule has 3 heterocycles. The lowest BCUT2D eigenvalue weighted by Crippen LogP contribution is -2.28. The fourth-order valence-electron chi connectivity index (χ4n) is 2.91. The van der Waals surface area contributed by atoms with E-state index in [1.165, 1.54) is 0 Å². The molecule has 2 N–H and O–H groups in total. The normalized spacial score (nSPS) is 17.5. The van der Waals surface area contributed by atoms with Gasteiger partial charge < -0.3 is 10.4 Å². The monoisotopic (exact) mass is 304 g/mol. The molecule has 0 fully saturated rings. The van der Waals surface area contributed by atoms with Crippen LogP contribution < -0.4 is 5.32 Å². The van der Waals surface area contributed by atoms with Crippen LogP contribution in [0.2, 0.25) is 0 Å². The van der Waals surface area contributed by atoms with Gasteiger partial charge in [-0.1, -0.05) is 5.21 Å². The van der Waals surface area contributed by atoms with Crippen molar-refractivity contribution >= 4 is 5.97 Å². The number of aromatic nitrogens is 5. The predicted molar refractivity (Wildman–Crippen MR) is 78.4 cm³/mol. The summed E-state index contributed by atoms with van der Waals surface area (Å²) in [5, 5.41) is 24.9. The van der Waals surface area contributed by atoms with Crippen molar-refractivity contribution in [1.82, 2.24) is 30.1 Å². The lowest BCUT2D eigenvalue weighted by Gasteiger charge is -2.24. The van der Waals surface area contributed by atoms with E-state index in [4.69, 9.17) is 5.11 Å². The molecule has 2 aromatic rings. The highest BCUT2D eigenvalue weighted by atomic mass is 16.4. The average Bonchev–Trinajstić information content (AvgIpc) is 3.09. The number of aromatic carboxylic acids is 1. The zero-order valence-electron chi connectivity index (χ0n) is 12.8. The van der Waals surface area contributed by atoms with Crippen LogP contribution >= 0.6 is 0 Å². The Kier molecular flexibility index (Phi) is 3.93. The van der Waals surface area contributed by atoms with Gasteiger partial charge in [0.25, 0.3) is 0 Å². The fraction of sp³-hybridized carbons (Fsp3) is 0.571. The van der Waals surface area contributed by atoms with Gasteiger partial charge in [0.15, 0.2) is 5.69 Å². The van der Waals surface area contributed by atoms with Crippen molar-refractivity contribution < 1.29 is 9.90 Å². The molecule has 0 bridgehead atoms. The molecule has 1 aliphatic rings. The summed E-state index contributed by atoms with van der Waals surface area (Å²) in [5.74, 6) is -0.982. The molecule has 2 aromatic heterocycles. The molecule has 0 amide bonds. The summed E-state index contributed by atoms with van der Waals surface area (Å²) in [5.41, 5.74) is 3.04. The summed E-state index contributed by atoms with van der Waals surface area (Å²) in [6, 6.07) is 1.77. The number of nitrogens with one attached hydrogen (secondary N) is 1. The van der Waals surface area contributed by atoms with Crippen molar-refractivity contribution in [3.8, 4) is 0 Å². The van der Waals surface area contributed by atoms with Gasteiger partial charge in [0.1, 0.15) is 0 Å². The van der Waals surface area contributed by atoms with E-state index in [0.717, 1.165) is 43.0 Å². The van der Waals surface area contributed by atoms with E-state index in [1.54, 1.807) is 10.7 Å². The molecule has 1 atom stereocenters.